The highest BCUT2D eigenvalue weighted by Crippen LogP contribution is 2.16. The van der Waals surface area contributed by atoms with Crippen molar-refractivity contribution in [2.24, 2.45) is 0 Å². The fraction of sp³-hybridized carbons (Fsp3) is 0.333. The smallest absolute Gasteiger partial charge is 0.257 e. The minimum absolute atomic E-state index is 0.154. The molecule has 0 unspecified atom stereocenters. The second kappa shape index (κ2) is 7.74. The maximum Gasteiger partial charge on any atom is 0.257 e. The number of aromatic nitrogens is 1. The van der Waals surface area contributed by atoms with Crippen molar-refractivity contribution in [1.82, 2.24) is 9.88 Å². The molecule has 1 amide bonds. The molecule has 5 heteroatoms. The Labute approximate surface area is 137 Å². The third-order valence-electron chi connectivity index (χ3n) is 3.37. The predicted octanol–water partition coefficient (Wildman–Crippen LogP) is 2.92. The molecule has 0 bridgehead atoms. The van der Waals surface area contributed by atoms with Crippen LogP contribution in [0.1, 0.15) is 21.5 Å². The first kappa shape index (κ1) is 17.0. The summed E-state index contributed by atoms with van der Waals surface area (Å²) in [6, 6.07) is 7.81. The molecule has 5 nitrogen and oxygen atoms in total. The van der Waals surface area contributed by atoms with Gasteiger partial charge in [-0.05, 0) is 57.3 Å². The van der Waals surface area contributed by atoms with Gasteiger partial charge in [-0.15, -0.1) is 0 Å². The highest BCUT2D eigenvalue weighted by Gasteiger charge is 2.08. The first-order chi connectivity index (χ1) is 10.9. The fourth-order valence-electron chi connectivity index (χ4n) is 2.33. The Bertz CT molecular complexity index is 662. The summed E-state index contributed by atoms with van der Waals surface area (Å²) >= 11 is 0. The van der Waals surface area contributed by atoms with Crippen LogP contribution in [0.15, 0.2) is 36.7 Å². The number of benzene rings is 1. The number of hydrogen-bond donors (Lipinski definition) is 2. The topological polar surface area (TPSA) is 57.3 Å². The van der Waals surface area contributed by atoms with Gasteiger partial charge in [0.25, 0.3) is 5.91 Å². The molecule has 1 heterocycles. The maximum atomic E-state index is 12.4. The van der Waals surface area contributed by atoms with Gasteiger partial charge in [-0.25, -0.2) is 0 Å². The lowest BCUT2D eigenvalue weighted by Gasteiger charge is -2.12. The average molecular weight is 312 g/mol. The van der Waals surface area contributed by atoms with Gasteiger partial charge in [-0.3, -0.25) is 9.78 Å². The molecule has 0 spiro atoms. The number of rotatable bonds is 6. The van der Waals surface area contributed by atoms with Crippen LogP contribution in [0.5, 0.6) is 0 Å². The average Bonchev–Trinajstić information content (AvgIpc) is 2.46. The summed E-state index contributed by atoms with van der Waals surface area (Å²) in [4.78, 5) is 18.6. The van der Waals surface area contributed by atoms with Crippen molar-refractivity contribution in [2.45, 2.75) is 13.8 Å². The number of carbonyl (C=O) groups is 1. The summed E-state index contributed by atoms with van der Waals surface area (Å²) in [5, 5.41) is 6.20. The number of carbonyl (C=O) groups excluding carboxylic acids is 1. The molecule has 1 aromatic carbocycles. The number of hydrogen-bond acceptors (Lipinski definition) is 4. The van der Waals surface area contributed by atoms with E-state index in [0.717, 1.165) is 35.6 Å². The van der Waals surface area contributed by atoms with Crippen molar-refractivity contribution in [3.8, 4) is 0 Å². The Morgan fingerprint density at radius 3 is 2.39 bits per heavy atom. The van der Waals surface area contributed by atoms with E-state index >= 15 is 0 Å². The van der Waals surface area contributed by atoms with Crippen molar-refractivity contribution >= 4 is 17.3 Å². The summed E-state index contributed by atoms with van der Waals surface area (Å²) < 4.78 is 0. The number of pyridine rings is 1. The van der Waals surface area contributed by atoms with Crippen molar-refractivity contribution < 1.29 is 4.79 Å². The van der Waals surface area contributed by atoms with Crippen LogP contribution >= 0.6 is 0 Å². The molecular weight excluding hydrogens is 288 g/mol. The van der Waals surface area contributed by atoms with E-state index in [1.54, 1.807) is 12.4 Å². The second-order valence-corrected chi connectivity index (χ2v) is 6.02. The van der Waals surface area contributed by atoms with E-state index in [-0.39, 0.29) is 5.91 Å². The summed E-state index contributed by atoms with van der Waals surface area (Å²) in [5.74, 6) is -0.154. The van der Waals surface area contributed by atoms with Crippen molar-refractivity contribution in [3.63, 3.8) is 0 Å². The number of nitrogens with one attached hydrogen (secondary N) is 2. The first-order valence-electron chi connectivity index (χ1n) is 7.67. The lowest BCUT2D eigenvalue weighted by Crippen LogP contribution is -2.21. The minimum atomic E-state index is -0.154. The van der Waals surface area contributed by atoms with Gasteiger partial charge >= 0.3 is 0 Å². The second-order valence-electron chi connectivity index (χ2n) is 6.02. The van der Waals surface area contributed by atoms with E-state index in [4.69, 9.17) is 0 Å². The van der Waals surface area contributed by atoms with Crippen LogP contribution in [0.3, 0.4) is 0 Å². The Balaban J connectivity index is 2.04. The van der Waals surface area contributed by atoms with E-state index in [1.807, 2.05) is 46.1 Å². The molecule has 0 aliphatic heterocycles. The van der Waals surface area contributed by atoms with Gasteiger partial charge in [-0.1, -0.05) is 6.07 Å². The third-order valence-corrected chi connectivity index (χ3v) is 3.37. The number of likely N-dealkylation sites (N-methyl/N-ethyl adjacent to an activating group) is 1. The van der Waals surface area contributed by atoms with E-state index < -0.39 is 0 Å². The largest absolute Gasteiger partial charge is 0.382 e. The van der Waals surface area contributed by atoms with Crippen LogP contribution in [-0.4, -0.2) is 43.0 Å². The molecule has 0 saturated heterocycles. The van der Waals surface area contributed by atoms with Crippen molar-refractivity contribution in [1.29, 1.82) is 0 Å². The van der Waals surface area contributed by atoms with Crippen LogP contribution in [-0.2, 0) is 0 Å². The quantitative estimate of drug-likeness (QED) is 0.861. The molecule has 0 aliphatic carbocycles. The van der Waals surface area contributed by atoms with Gasteiger partial charge in [0.2, 0.25) is 0 Å². The molecule has 2 rings (SSSR count). The third kappa shape index (κ3) is 5.38. The Hall–Kier alpha value is -2.40. The van der Waals surface area contributed by atoms with E-state index in [2.05, 4.69) is 26.6 Å². The van der Waals surface area contributed by atoms with Gasteiger partial charge in [0.1, 0.15) is 0 Å². The predicted molar refractivity (Wildman–Crippen MR) is 95.1 cm³/mol. The van der Waals surface area contributed by atoms with E-state index in [1.165, 1.54) is 0 Å². The highest BCUT2D eigenvalue weighted by molar-refractivity contribution is 6.04. The highest BCUT2D eigenvalue weighted by atomic mass is 16.1. The molecule has 1 aromatic heterocycles. The number of amides is 1. The number of aryl methyl sites for hydroxylation is 2. The molecule has 0 aliphatic rings. The van der Waals surface area contributed by atoms with Crippen molar-refractivity contribution in [2.75, 3.05) is 37.8 Å². The maximum absolute atomic E-state index is 12.4. The zero-order chi connectivity index (χ0) is 16.8. The Morgan fingerprint density at radius 2 is 1.74 bits per heavy atom. The lowest BCUT2D eigenvalue weighted by atomic mass is 10.1. The molecule has 0 fully saturated rings. The molecule has 23 heavy (non-hydrogen) atoms. The minimum Gasteiger partial charge on any atom is -0.382 e. The van der Waals surface area contributed by atoms with Crippen LogP contribution < -0.4 is 10.6 Å². The fourth-order valence-corrected chi connectivity index (χ4v) is 2.33. The Kier molecular flexibility index (Phi) is 5.71. The van der Waals surface area contributed by atoms with Gasteiger partial charge in [0, 0.05) is 31.2 Å². The summed E-state index contributed by atoms with van der Waals surface area (Å²) in [7, 11) is 4.04. The van der Waals surface area contributed by atoms with Gasteiger partial charge in [0.15, 0.2) is 0 Å². The molecule has 0 saturated carbocycles. The Morgan fingerprint density at radius 1 is 1.04 bits per heavy atom. The SMILES string of the molecule is Cc1cc(C)cc(NC(=O)c2cncc(NCCN(C)C)c2)c1. The van der Waals surface area contributed by atoms with Crippen LogP contribution in [0.4, 0.5) is 11.4 Å². The van der Waals surface area contributed by atoms with Crippen LogP contribution in [0, 0.1) is 13.8 Å². The van der Waals surface area contributed by atoms with Gasteiger partial charge < -0.3 is 15.5 Å². The zero-order valence-electron chi connectivity index (χ0n) is 14.2. The number of anilines is 2. The zero-order valence-corrected chi connectivity index (χ0v) is 14.2. The van der Waals surface area contributed by atoms with Crippen molar-refractivity contribution in [3.05, 3.63) is 53.3 Å². The van der Waals surface area contributed by atoms with Crippen LogP contribution in [0.25, 0.3) is 0 Å². The standard InChI is InChI=1S/C18H24N4O/c1-13-7-14(2)9-16(8-13)21-18(23)15-10-17(12-19-11-15)20-5-6-22(3)4/h7-12,20H,5-6H2,1-4H3,(H,21,23). The van der Waals surface area contributed by atoms with E-state index in [0.29, 0.717) is 5.56 Å². The normalized spacial score (nSPS) is 10.7. The summed E-state index contributed by atoms with van der Waals surface area (Å²) in [6.07, 6.45) is 3.30. The lowest BCUT2D eigenvalue weighted by molar-refractivity contribution is 0.102. The molecule has 2 aromatic rings. The molecular formula is C18H24N4O. The van der Waals surface area contributed by atoms with Gasteiger partial charge in [0.05, 0.1) is 11.3 Å². The summed E-state index contributed by atoms with van der Waals surface area (Å²) in [5.41, 5.74) is 4.44. The monoisotopic (exact) mass is 312 g/mol. The molecule has 2 N–H and O–H groups in total. The summed E-state index contributed by atoms with van der Waals surface area (Å²) in [6.45, 7) is 5.74. The number of nitrogens with zero attached hydrogens (tertiary/aromatic N) is 2. The first-order valence-corrected chi connectivity index (χ1v) is 7.67. The molecule has 122 valence electrons. The van der Waals surface area contributed by atoms with Crippen LogP contribution in [0.2, 0.25) is 0 Å². The molecule has 0 atom stereocenters. The van der Waals surface area contributed by atoms with E-state index in [9.17, 15) is 4.79 Å². The van der Waals surface area contributed by atoms with Gasteiger partial charge in [-0.2, -0.15) is 0 Å². The molecule has 0 radical (unpaired) electrons.